The standard InChI is InChI=1S/C17H16N2O4/c1-22-14-7-5-11(6-8-14)15-10-16(23-19-15)17(21)18-12-3-2-4-13(20)9-12/h2-9,16,20H,10H2,1H3,(H,18,21). The quantitative estimate of drug-likeness (QED) is 0.909. The molecule has 1 aliphatic rings. The number of anilines is 1. The maximum Gasteiger partial charge on any atom is 0.268 e. The van der Waals surface area contributed by atoms with E-state index in [-0.39, 0.29) is 11.7 Å². The lowest BCUT2D eigenvalue weighted by molar-refractivity contribution is -0.125. The lowest BCUT2D eigenvalue weighted by atomic mass is 10.0. The largest absolute Gasteiger partial charge is 0.508 e. The van der Waals surface area contributed by atoms with Gasteiger partial charge in [0.15, 0.2) is 0 Å². The number of phenols is 1. The highest BCUT2D eigenvalue weighted by atomic mass is 16.6. The molecule has 1 aliphatic heterocycles. The summed E-state index contributed by atoms with van der Waals surface area (Å²) in [5.74, 6) is 0.541. The Bertz CT molecular complexity index is 741. The van der Waals surface area contributed by atoms with Crippen molar-refractivity contribution in [3.05, 3.63) is 54.1 Å². The predicted molar refractivity (Wildman–Crippen MR) is 85.8 cm³/mol. The molecule has 6 heteroatoms. The summed E-state index contributed by atoms with van der Waals surface area (Å²) in [6.45, 7) is 0. The molecule has 2 aromatic rings. The number of nitrogens with one attached hydrogen (secondary N) is 1. The Morgan fingerprint density at radius 2 is 2.09 bits per heavy atom. The summed E-state index contributed by atoms with van der Waals surface area (Å²) in [6.07, 6.45) is -0.300. The molecule has 118 valence electrons. The molecule has 3 rings (SSSR count). The van der Waals surface area contributed by atoms with Crippen molar-refractivity contribution in [1.82, 2.24) is 0 Å². The van der Waals surface area contributed by atoms with Crippen molar-refractivity contribution in [2.75, 3.05) is 12.4 Å². The molecule has 0 bridgehead atoms. The van der Waals surface area contributed by atoms with Crippen LogP contribution in [0.15, 0.2) is 53.7 Å². The molecule has 23 heavy (non-hydrogen) atoms. The van der Waals surface area contributed by atoms with Gasteiger partial charge in [-0.25, -0.2) is 0 Å². The molecule has 0 fully saturated rings. The smallest absolute Gasteiger partial charge is 0.268 e. The van der Waals surface area contributed by atoms with E-state index in [0.717, 1.165) is 11.3 Å². The van der Waals surface area contributed by atoms with E-state index < -0.39 is 6.10 Å². The number of methoxy groups -OCH3 is 1. The van der Waals surface area contributed by atoms with Gasteiger partial charge in [0.05, 0.1) is 12.8 Å². The lowest BCUT2D eigenvalue weighted by Gasteiger charge is -2.09. The number of rotatable bonds is 4. The summed E-state index contributed by atoms with van der Waals surface area (Å²) < 4.78 is 5.11. The fourth-order valence-corrected chi connectivity index (χ4v) is 2.28. The lowest BCUT2D eigenvalue weighted by Crippen LogP contribution is -2.28. The molecule has 1 amide bonds. The van der Waals surface area contributed by atoms with Crippen molar-refractivity contribution >= 4 is 17.3 Å². The van der Waals surface area contributed by atoms with Crippen LogP contribution in [0, 0.1) is 0 Å². The summed E-state index contributed by atoms with van der Waals surface area (Å²) in [6, 6.07) is 13.8. The van der Waals surface area contributed by atoms with Crippen LogP contribution >= 0.6 is 0 Å². The first-order valence-electron chi connectivity index (χ1n) is 7.13. The van der Waals surface area contributed by atoms with Crippen molar-refractivity contribution in [3.8, 4) is 11.5 Å². The van der Waals surface area contributed by atoms with Crippen molar-refractivity contribution in [2.24, 2.45) is 5.16 Å². The second-order valence-electron chi connectivity index (χ2n) is 5.10. The Labute approximate surface area is 133 Å². The Balaban J connectivity index is 1.62. The molecule has 0 spiro atoms. The third-order valence-electron chi connectivity index (χ3n) is 3.50. The van der Waals surface area contributed by atoms with Gasteiger partial charge in [0.1, 0.15) is 11.5 Å². The molecule has 2 N–H and O–H groups in total. The molecule has 0 aliphatic carbocycles. The topological polar surface area (TPSA) is 80.2 Å². The van der Waals surface area contributed by atoms with Gasteiger partial charge < -0.3 is 20.0 Å². The molecule has 0 saturated heterocycles. The van der Waals surface area contributed by atoms with Gasteiger partial charge in [0, 0.05) is 18.2 Å². The van der Waals surface area contributed by atoms with Crippen molar-refractivity contribution in [3.63, 3.8) is 0 Å². The second kappa shape index (κ2) is 6.39. The molecule has 1 heterocycles. The molecular weight excluding hydrogens is 296 g/mol. The molecule has 6 nitrogen and oxygen atoms in total. The van der Waals surface area contributed by atoms with Gasteiger partial charge in [-0.2, -0.15) is 0 Å². The van der Waals surface area contributed by atoms with E-state index in [0.29, 0.717) is 17.8 Å². The SMILES string of the molecule is COc1ccc(C2=NOC(C(=O)Nc3cccc(O)c3)C2)cc1. The zero-order valence-electron chi connectivity index (χ0n) is 12.5. The van der Waals surface area contributed by atoms with Crippen LogP contribution in [0.25, 0.3) is 0 Å². The molecule has 1 unspecified atom stereocenters. The van der Waals surface area contributed by atoms with Crippen molar-refractivity contribution in [1.29, 1.82) is 0 Å². The van der Waals surface area contributed by atoms with E-state index in [9.17, 15) is 9.90 Å². The summed E-state index contributed by atoms with van der Waals surface area (Å²) in [5, 5.41) is 16.1. The Morgan fingerprint density at radius 3 is 2.78 bits per heavy atom. The zero-order chi connectivity index (χ0) is 16.2. The van der Waals surface area contributed by atoms with E-state index in [1.165, 1.54) is 12.1 Å². The maximum absolute atomic E-state index is 12.2. The van der Waals surface area contributed by atoms with Gasteiger partial charge in [-0.1, -0.05) is 11.2 Å². The monoisotopic (exact) mass is 312 g/mol. The number of ether oxygens (including phenoxy) is 1. The highest BCUT2D eigenvalue weighted by molar-refractivity contribution is 6.06. The predicted octanol–water partition coefficient (Wildman–Crippen LogP) is 2.53. The third-order valence-corrected chi connectivity index (χ3v) is 3.50. The van der Waals surface area contributed by atoms with Crippen LogP contribution in [0.1, 0.15) is 12.0 Å². The Kier molecular flexibility index (Phi) is 4.14. The van der Waals surface area contributed by atoms with Crippen LogP contribution in [0.3, 0.4) is 0 Å². The number of hydrogen-bond acceptors (Lipinski definition) is 5. The van der Waals surface area contributed by atoms with Gasteiger partial charge >= 0.3 is 0 Å². The number of oxime groups is 1. The van der Waals surface area contributed by atoms with Gasteiger partial charge in [-0.05, 0) is 42.0 Å². The normalized spacial score (nSPS) is 16.4. The van der Waals surface area contributed by atoms with Crippen LogP contribution < -0.4 is 10.1 Å². The van der Waals surface area contributed by atoms with E-state index >= 15 is 0 Å². The van der Waals surface area contributed by atoms with Gasteiger partial charge in [0.25, 0.3) is 5.91 Å². The number of amides is 1. The minimum atomic E-state index is -0.686. The fraction of sp³-hybridized carbons (Fsp3) is 0.176. The highest BCUT2D eigenvalue weighted by Gasteiger charge is 2.29. The van der Waals surface area contributed by atoms with Crippen LogP contribution in [0.5, 0.6) is 11.5 Å². The number of benzene rings is 2. The molecule has 1 atom stereocenters. The number of carbonyl (C=O) groups excluding carboxylic acids is 1. The Hall–Kier alpha value is -3.02. The number of hydrogen-bond donors (Lipinski definition) is 2. The van der Waals surface area contributed by atoms with Crippen LogP contribution in [0.4, 0.5) is 5.69 Å². The van der Waals surface area contributed by atoms with Crippen LogP contribution in [-0.4, -0.2) is 29.9 Å². The summed E-state index contributed by atoms with van der Waals surface area (Å²) in [5.41, 5.74) is 2.11. The maximum atomic E-state index is 12.2. The van der Waals surface area contributed by atoms with Gasteiger partial charge in [0.2, 0.25) is 6.10 Å². The van der Waals surface area contributed by atoms with Crippen LogP contribution in [-0.2, 0) is 9.63 Å². The molecule has 0 radical (unpaired) electrons. The number of phenolic OH excluding ortho intramolecular Hbond substituents is 1. The van der Waals surface area contributed by atoms with E-state index in [2.05, 4.69) is 10.5 Å². The first-order chi connectivity index (χ1) is 11.2. The van der Waals surface area contributed by atoms with E-state index in [1.807, 2.05) is 24.3 Å². The summed E-state index contributed by atoms with van der Waals surface area (Å²) in [4.78, 5) is 17.4. The third kappa shape index (κ3) is 3.42. The van der Waals surface area contributed by atoms with Crippen molar-refractivity contribution < 1.29 is 19.5 Å². The Morgan fingerprint density at radius 1 is 1.30 bits per heavy atom. The van der Waals surface area contributed by atoms with Crippen LogP contribution in [0.2, 0.25) is 0 Å². The van der Waals surface area contributed by atoms with Crippen molar-refractivity contribution in [2.45, 2.75) is 12.5 Å². The summed E-state index contributed by atoms with van der Waals surface area (Å²) >= 11 is 0. The first kappa shape index (κ1) is 14.9. The van der Waals surface area contributed by atoms with E-state index in [4.69, 9.17) is 9.57 Å². The fourth-order valence-electron chi connectivity index (χ4n) is 2.28. The van der Waals surface area contributed by atoms with Gasteiger partial charge in [-0.15, -0.1) is 0 Å². The second-order valence-corrected chi connectivity index (χ2v) is 5.10. The molecule has 0 saturated carbocycles. The average Bonchev–Trinajstić information content (AvgIpc) is 3.05. The highest BCUT2D eigenvalue weighted by Crippen LogP contribution is 2.21. The number of aromatic hydroxyl groups is 1. The molecule has 2 aromatic carbocycles. The minimum Gasteiger partial charge on any atom is -0.508 e. The number of carbonyl (C=O) groups is 1. The number of nitrogens with zero attached hydrogens (tertiary/aromatic N) is 1. The zero-order valence-corrected chi connectivity index (χ0v) is 12.5. The first-order valence-corrected chi connectivity index (χ1v) is 7.13. The molecule has 0 aromatic heterocycles. The van der Waals surface area contributed by atoms with E-state index in [1.54, 1.807) is 19.2 Å². The average molecular weight is 312 g/mol. The molecular formula is C17H16N2O4. The van der Waals surface area contributed by atoms with Gasteiger partial charge in [-0.3, -0.25) is 4.79 Å². The minimum absolute atomic E-state index is 0.0883. The summed E-state index contributed by atoms with van der Waals surface area (Å²) in [7, 11) is 1.60.